The van der Waals surface area contributed by atoms with Gasteiger partial charge in [0.15, 0.2) is 5.96 Å². The Morgan fingerprint density at radius 3 is 2.54 bits per heavy atom. The van der Waals surface area contributed by atoms with Crippen LogP contribution in [0, 0.1) is 12.3 Å². The summed E-state index contributed by atoms with van der Waals surface area (Å²) < 4.78 is 11.1. The van der Waals surface area contributed by atoms with Crippen molar-refractivity contribution in [3.05, 3.63) is 29.8 Å². The van der Waals surface area contributed by atoms with Gasteiger partial charge < -0.3 is 20.1 Å². The number of halogens is 1. The molecular weight excluding hydrogens is 441 g/mol. The van der Waals surface area contributed by atoms with Crippen LogP contribution < -0.4 is 15.4 Å². The first-order valence-corrected chi connectivity index (χ1v) is 9.31. The zero-order valence-corrected chi connectivity index (χ0v) is 18.7. The lowest BCUT2D eigenvalue weighted by molar-refractivity contribution is 0.138. The van der Waals surface area contributed by atoms with Gasteiger partial charge in [-0.1, -0.05) is 31.0 Å². The molecule has 0 aromatic heterocycles. The van der Waals surface area contributed by atoms with Crippen molar-refractivity contribution in [1.29, 1.82) is 0 Å². The predicted octanol–water partition coefficient (Wildman–Crippen LogP) is 3.75. The Balaban J connectivity index is 0.00000338. The SMILES string of the molecule is CN=C(NCCOc1ccccc1C)NCC1(CCOC)CCCC1.I. The maximum absolute atomic E-state index is 5.82. The van der Waals surface area contributed by atoms with Gasteiger partial charge in [-0.2, -0.15) is 0 Å². The maximum Gasteiger partial charge on any atom is 0.191 e. The number of nitrogens with zero attached hydrogens (tertiary/aromatic N) is 1. The first-order valence-electron chi connectivity index (χ1n) is 9.31. The molecule has 0 heterocycles. The quantitative estimate of drug-likeness (QED) is 0.247. The lowest BCUT2D eigenvalue weighted by atomic mass is 9.83. The molecular formula is C20H34IN3O2. The van der Waals surface area contributed by atoms with Gasteiger partial charge in [0.25, 0.3) is 0 Å². The fourth-order valence-electron chi connectivity index (χ4n) is 3.50. The van der Waals surface area contributed by atoms with Crippen LogP contribution in [0.15, 0.2) is 29.3 Å². The number of nitrogens with one attached hydrogen (secondary N) is 2. The van der Waals surface area contributed by atoms with Crippen molar-refractivity contribution in [3.63, 3.8) is 0 Å². The van der Waals surface area contributed by atoms with Gasteiger partial charge in [0.2, 0.25) is 0 Å². The van der Waals surface area contributed by atoms with Crippen LogP contribution in [0.1, 0.15) is 37.7 Å². The summed E-state index contributed by atoms with van der Waals surface area (Å²) in [7, 11) is 3.60. The first kappa shape index (κ1) is 23.0. The van der Waals surface area contributed by atoms with Gasteiger partial charge in [0.1, 0.15) is 12.4 Å². The summed E-state index contributed by atoms with van der Waals surface area (Å²) in [6, 6.07) is 8.08. The Bertz CT molecular complexity index is 546. The minimum absolute atomic E-state index is 0. The van der Waals surface area contributed by atoms with Gasteiger partial charge in [0, 0.05) is 27.3 Å². The standard InChI is InChI=1S/C20H33N3O2.HI/c1-17-8-4-5-9-18(17)25-15-13-22-19(21-2)23-16-20(12-14-24-3)10-6-7-11-20;/h4-5,8-9H,6-7,10-16H2,1-3H3,(H2,21,22,23);1H. The molecule has 26 heavy (non-hydrogen) atoms. The van der Waals surface area contributed by atoms with Gasteiger partial charge in [-0.3, -0.25) is 4.99 Å². The fraction of sp³-hybridized carbons (Fsp3) is 0.650. The summed E-state index contributed by atoms with van der Waals surface area (Å²) in [5.41, 5.74) is 1.51. The maximum atomic E-state index is 5.82. The Morgan fingerprint density at radius 2 is 1.88 bits per heavy atom. The van der Waals surface area contributed by atoms with Crippen LogP contribution in [0.2, 0.25) is 0 Å². The number of aryl methyl sites for hydroxylation is 1. The van der Waals surface area contributed by atoms with Crippen molar-refractivity contribution in [2.24, 2.45) is 10.4 Å². The molecule has 0 unspecified atom stereocenters. The Labute approximate surface area is 175 Å². The van der Waals surface area contributed by atoms with E-state index in [1.54, 1.807) is 7.11 Å². The lowest BCUT2D eigenvalue weighted by Crippen LogP contribution is -2.44. The highest BCUT2D eigenvalue weighted by Crippen LogP contribution is 2.40. The second-order valence-electron chi connectivity index (χ2n) is 6.92. The summed E-state index contributed by atoms with van der Waals surface area (Å²) in [6.45, 7) is 5.18. The fourth-order valence-corrected chi connectivity index (χ4v) is 3.50. The van der Waals surface area contributed by atoms with Crippen LogP contribution in [0.25, 0.3) is 0 Å². The van der Waals surface area contributed by atoms with Crippen molar-refractivity contribution in [3.8, 4) is 5.75 Å². The number of guanidine groups is 1. The van der Waals surface area contributed by atoms with E-state index in [0.29, 0.717) is 12.0 Å². The van der Waals surface area contributed by atoms with Crippen LogP contribution in [0.4, 0.5) is 0 Å². The minimum Gasteiger partial charge on any atom is -0.491 e. The van der Waals surface area contributed by atoms with E-state index in [0.717, 1.165) is 43.4 Å². The van der Waals surface area contributed by atoms with E-state index in [4.69, 9.17) is 9.47 Å². The van der Waals surface area contributed by atoms with Gasteiger partial charge in [0.05, 0.1) is 6.54 Å². The molecule has 0 aliphatic heterocycles. The van der Waals surface area contributed by atoms with E-state index in [-0.39, 0.29) is 24.0 Å². The Morgan fingerprint density at radius 1 is 1.15 bits per heavy atom. The average Bonchev–Trinajstić information content (AvgIpc) is 3.10. The van der Waals surface area contributed by atoms with Gasteiger partial charge in [-0.25, -0.2) is 0 Å². The molecule has 0 radical (unpaired) electrons. The minimum atomic E-state index is 0. The van der Waals surface area contributed by atoms with E-state index in [2.05, 4.69) is 28.6 Å². The number of hydrogen-bond donors (Lipinski definition) is 2. The monoisotopic (exact) mass is 475 g/mol. The van der Waals surface area contributed by atoms with Gasteiger partial charge >= 0.3 is 0 Å². The van der Waals surface area contributed by atoms with E-state index < -0.39 is 0 Å². The molecule has 0 saturated heterocycles. The van der Waals surface area contributed by atoms with E-state index >= 15 is 0 Å². The molecule has 0 amide bonds. The van der Waals surface area contributed by atoms with Crippen molar-refractivity contribution in [2.75, 3.05) is 40.5 Å². The highest BCUT2D eigenvalue weighted by molar-refractivity contribution is 14.0. The second kappa shape index (κ2) is 12.4. The summed E-state index contributed by atoms with van der Waals surface area (Å²) in [6.07, 6.45) is 6.31. The predicted molar refractivity (Wildman–Crippen MR) is 119 cm³/mol. The highest BCUT2D eigenvalue weighted by Gasteiger charge is 2.33. The molecule has 0 spiro atoms. The van der Waals surface area contributed by atoms with Crippen LogP contribution >= 0.6 is 24.0 Å². The lowest BCUT2D eigenvalue weighted by Gasteiger charge is -2.30. The van der Waals surface area contributed by atoms with E-state index in [9.17, 15) is 0 Å². The number of rotatable bonds is 9. The molecule has 1 fully saturated rings. The van der Waals surface area contributed by atoms with E-state index in [1.807, 2.05) is 25.2 Å². The zero-order chi connectivity index (χ0) is 18.0. The summed E-state index contributed by atoms with van der Waals surface area (Å²) in [5.74, 6) is 1.79. The summed E-state index contributed by atoms with van der Waals surface area (Å²) >= 11 is 0. The van der Waals surface area contributed by atoms with Crippen LogP contribution in [-0.2, 0) is 4.74 Å². The van der Waals surface area contributed by atoms with Crippen molar-refractivity contribution in [2.45, 2.75) is 39.0 Å². The molecule has 1 aliphatic carbocycles. The van der Waals surface area contributed by atoms with Crippen molar-refractivity contribution in [1.82, 2.24) is 10.6 Å². The average molecular weight is 475 g/mol. The first-order chi connectivity index (χ1) is 12.2. The summed E-state index contributed by atoms with van der Waals surface area (Å²) in [4.78, 5) is 4.33. The molecule has 1 aromatic rings. The topological polar surface area (TPSA) is 54.9 Å². The van der Waals surface area contributed by atoms with E-state index in [1.165, 1.54) is 25.7 Å². The zero-order valence-electron chi connectivity index (χ0n) is 16.3. The largest absolute Gasteiger partial charge is 0.491 e. The Hall–Kier alpha value is -1.02. The molecule has 0 bridgehead atoms. The second-order valence-corrected chi connectivity index (χ2v) is 6.92. The molecule has 1 aromatic carbocycles. The third kappa shape index (κ3) is 7.31. The smallest absolute Gasteiger partial charge is 0.191 e. The normalized spacial score (nSPS) is 16.0. The van der Waals surface area contributed by atoms with Crippen molar-refractivity contribution >= 4 is 29.9 Å². The number of para-hydroxylation sites is 1. The third-order valence-corrected chi connectivity index (χ3v) is 5.10. The van der Waals surface area contributed by atoms with Gasteiger partial charge in [-0.15, -0.1) is 24.0 Å². The molecule has 5 nitrogen and oxygen atoms in total. The van der Waals surface area contributed by atoms with Crippen LogP contribution in [-0.4, -0.2) is 46.4 Å². The van der Waals surface area contributed by atoms with Crippen molar-refractivity contribution < 1.29 is 9.47 Å². The molecule has 2 N–H and O–H groups in total. The van der Waals surface area contributed by atoms with Crippen LogP contribution in [0.3, 0.4) is 0 Å². The number of methoxy groups -OCH3 is 1. The number of hydrogen-bond acceptors (Lipinski definition) is 3. The number of ether oxygens (including phenoxy) is 2. The Kier molecular flexibility index (Phi) is 11.0. The number of benzene rings is 1. The summed E-state index contributed by atoms with van der Waals surface area (Å²) in [5, 5.41) is 6.84. The molecule has 148 valence electrons. The van der Waals surface area contributed by atoms with Crippen LogP contribution in [0.5, 0.6) is 5.75 Å². The molecule has 0 atom stereocenters. The van der Waals surface area contributed by atoms with Gasteiger partial charge in [-0.05, 0) is 43.2 Å². The molecule has 2 rings (SSSR count). The number of aliphatic imine (C=N–C) groups is 1. The molecule has 1 saturated carbocycles. The third-order valence-electron chi connectivity index (χ3n) is 5.10. The highest BCUT2D eigenvalue weighted by atomic mass is 127. The molecule has 6 heteroatoms. The molecule has 1 aliphatic rings.